The molecule has 1 aromatic rings. The van der Waals surface area contributed by atoms with Gasteiger partial charge >= 0.3 is 0 Å². The molecular weight excluding hydrogens is 266 g/mol. The molecule has 0 saturated carbocycles. The van der Waals surface area contributed by atoms with Gasteiger partial charge in [-0.05, 0) is 43.2 Å². The van der Waals surface area contributed by atoms with Crippen LogP contribution in [-0.2, 0) is 6.54 Å². The second kappa shape index (κ2) is 6.18. The predicted octanol–water partition coefficient (Wildman–Crippen LogP) is 3.72. The highest BCUT2D eigenvalue weighted by Gasteiger charge is 2.28. The van der Waals surface area contributed by atoms with Crippen LogP contribution in [0.3, 0.4) is 0 Å². The molecule has 4 heteroatoms. The van der Waals surface area contributed by atoms with Crippen molar-refractivity contribution in [1.29, 1.82) is 0 Å². The van der Waals surface area contributed by atoms with Crippen molar-refractivity contribution in [3.8, 4) is 5.75 Å². The second-order valence-electron chi connectivity index (χ2n) is 4.97. The average Bonchev–Trinajstić information content (AvgIpc) is 2.77. The minimum Gasteiger partial charge on any atom is -0.495 e. The van der Waals surface area contributed by atoms with Gasteiger partial charge in [0.05, 0.1) is 12.1 Å². The second-order valence-corrected chi connectivity index (χ2v) is 7.06. The highest BCUT2D eigenvalue weighted by molar-refractivity contribution is 8.00. The van der Waals surface area contributed by atoms with E-state index in [1.165, 1.54) is 24.2 Å². The van der Waals surface area contributed by atoms with Gasteiger partial charge in [0.2, 0.25) is 0 Å². The van der Waals surface area contributed by atoms with Crippen molar-refractivity contribution in [3.63, 3.8) is 0 Å². The summed E-state index contributed by atoms with van der Waals surface area (Å²) in [7, 11) is 1.64. The van der Waals surface area contributed by atoms with Crippen molar-refractivity contribution in [1.82, 2.24) is 5.32 Å². The summed E-state index contributed by atoms with van der Waals surface area (Å²) in [6.45, 7) is 4.26. The molecule has 0 spiro atoms. The van der Waals surface area contributed by atoms with Crippen LogP contribution in [0.5, 0.6) is 5.75 Å². The molecule has 1 aliphatic heterocycles. The fourth-order valence-corrected chi connectivity index (χ4v) is 3.82. The van der Waals surface area contributed by atoms with E-state index >= 15 is 0 Å². The third kappa shape index (κ3) is 3.56. The van der Waals surface area contributed by atoms with Gasteiger partial charge in [-0.25, -0.2) is 0 Å². The van der Waals surface area contributed by atoms with Crippen molar-refractivity contribution >= 4 is 23.4 Å². The molecule has 1 N–H and O–H groups in total. The Kier molecular flexibility index (Phi) is 4.82. The molecule has 1 unspecified atom stereocenters. The fraction of sp³-hybridized carbons (Fsp3) is 0.571. The van der Waals surface area contributed by atoms with Crippen LogP contribution in [0, 0.1) is 0 Å². The highest BCUT2D eigenvalue weighted by atomic mass is 35.5. The molecule has 1 atom stereocenters. The maximum atomic E-state index is 6.11. The minimum absolute atomic E-state index is 0.413. The summed E-state index contributed by atoms with van der Waals surface area (Å²) in [6, 6.07) is 5.95. The third-order valence-electron chi connectivity index (χ3n) is 3.34. The van der Waals surface area contributed by atoms with Gasteiger partial charge in [0.25, 0.3) is 0 Å². The van der Waals surface area contributed by atoms with Crippen molar-refractivity contribution in [2.24, 2.45) is 0 Å². The molecule has 0 bridgehead atoms. The smallest absolute Gasteiger partial charge is 0.137 e. The van der Waals surface area contributed by atoms with E-state index in [1.54, 1.807) is 7.11 Å². The standard InChI is InChI=1S/C14H20ClNOS/c1-14(6-3-7-18-14)10-16-9-11-4-5-13(17-2)12(15)8-11/h4-5,8,16H,3,6-7,9-10H2,1-2H3. The number of halogens is 1. The maximum absolute atomic E-state index is 6.11. The summed E-state index contributed by atoms with van der Waals surface area (Å²) in [5, 5.41) is 4.21. The Labute approximate surface area is 118 Å². The van der Waals surface area contributed by atoms with Gasteiger partial charge in [0.15, 0.2) is 0 Å². The molecule has 18 heavy (non-hydrogen) atoms. The minimum atomic E-state index is 0.413. The van der Waals surface area contributed by atoms with E-state index in [9.17, 15) is 0 Å². The Morgan fingerprint density at radius 2 is 2.33 bits per heavy atom. The van der Waals surface area contributed by atoms with Crippen LogP contribution in [-0.4, -0.2) is 24.2 Å². The van der Waals surface area contributed by atoms with Crippen LogP contribution in [0.2, 0.25) is 5.02 Å². The number of hydrogen-bond acceptors (Lipinski definition) is 3. The van der Waals surface area contributed by atoms with E-state index in [-0.39, 0.29) is 0 Å². The van der Waals surface area contributed by atoms with Gasteiger partial charge in [-0.15, -0.1) is 0 Å². The molecule has 1 heterocycles. The number of nitrogens with one attached hydrogen (secondary N) is 1. The van der Waals surface area contributed by atoms with E-state index in [2.05, 4.69) is 30.1 Å². The van der Waals surface area contributed by atoms with Gasteiger partial charge < -0.3 is 10.1 Å². The lowest BCUT2D eigenvalue weighted by molar-refractivity contribution is 0.415. The van der Waals surface area contributed by atoms with Crippen LogP contribution < -0.4 is 10.1 Å². The van der Waals surface area contributed by atoms with Crippen molar-refractivity contribution < 1.29 is 4.74 Å². The third-order valence-corrected chi connectivity index (χ3v) is 5.18. The quantitative estimate of drug-likeness (QED) is 0.891. The monoisotopic (exact) mass is 285 g/mol. The topological polar surface area (TPSA) is 21.3 Å². The van der Waals surface area contributed by atoms with Gasteiger partial charge in [-0.2, -0.15) is 11.8 Å². The largest absolute Gasteiger partial charge is 0.495 e. The van der Waals surface area contributed by atoms with E-state index < -0.39 is 0 Å². The lowest BCUT2D eigenvalue weighted by Crippen LogP contribution is -2.32. The van der Waals surface area contributed by atoms with Crippen LogP contribution in [0.4, 0.5) is 0 Å². The number of benzene rings is 1. The molecule has 0 aliphatic carbocycles. The number of hydrogen-bond donors (Lipinski definition) is 1. The maximum Gasteiger partial charge on any atom is 0.137 e. The van der Waals surface area contributed by atoms with Gasteiger partial charge in [-0.1, -0.05) is 17.7 Å². The fourth-order valence-electron chi connectivity index (χ4n) is 2.27. The SMILES string of the molecule is COc1ccc(CNCC2(C)CCCS2)cc1Cl. The summed E-state index contributed by atoms with van der Waals surface area (Å²) < 4.78 is 5.56. The molecule has 0 aromatic heterocycles. The van der Waals surface area contributed by atoms with Gasteiger partial charge in [0, 0.05) is 17.8 Å². The first-order valence-corrected chi connectivity index (χ1v) is 7.66. The molecule has 2 rings (SSSR count). The number of thioether (sulfide) groups is 1. The first kappa shape index (κ1) is 14.0. The first-order valence-electron chi connectivity index (χ1n) is 6.30. The molecule has 0 amide bonds. The molecule has 1 aliphatic rings. The highest BCUT2D eigenvalue weighted by Crippen LogP contribution is 2.37. The molecule has 1 saturated heterocycles. The first-order chi connectivity index (χ1) is 8.63. The zero-order valence-corrected chi connectivity index (χ0v) is 12.5. The summed E-state index contributed by atoms with van der Waals surface area (Å²) >= 11 is 8.19. The van der Waals surface area contributed by atoms with Crippen molar-refractivity contribution in [2.75, 3.05) is 19.4 Å². The molecule has 1 aromatic carbocycles. The Morgan fingerprint density at radius 3 is 2.94 bits per heavy atom. The number of ether oxygens (including phenoxy) is 1. The number of rotatable bonds is 5. The normalized spacial score (nSPS) is 23.3. The lowest BCUT2D eigenvalue weighted by Gasteiger charge is -2.23. The van der Waals surface area contributed by atoms with Crippen LogP contribution in [0.1, 0.15) is 25.3 Å². The average molecular weight is 286 g/mol. The summed E-state index contributed by atoms with van der Waals surface area (Å²) in [5.74, 6) is 2.03. The zero-order chi connectivity index (χ0) is 13.0. The van der Waals surface area contributed by atoms with Gasteiger partial charge in [-0.3, -0.25) is 0 Å². The van der Waals surface area contributed by atoms with E-state index in [0.717, 1.165) is 18.8 Å². The Morgan fingerprint density at radius 1 is 1.50 bits per heavy atom. The molecular formula is C14H20ClNOS. The Hall–Kier alpha value is -0.380. The van der Waals surface area contributed by atoms with E-state index in [1.807, 2.05) is 12.1 Å². The molecule has 100 valence electrons. The molecule has 0 radical (unpaired) electrons. The van der Waals surface area contributed by atoms with Crippen LogP contribution in [0.15, 0.2) is 18.2 Å². The summed E-state index contributed by atoms with van der Waals surface area (Å²) in [6.07, 6.45) is 2.66. The van der Waals surface area contributed by atoms with E-state index in [4.69, 9.17) is 16.3 Å². The van der Waals surface area contributed by atoms with Crippen molar-refractivity contribution in [2.45, 2.75) is 31.1 Å². The summed E-state index contributed by atoms with van der Waals surface area (Å²) in [4.78, 5) is 0. The van der Waals surface area contributed by atoms with Crippen LogP contribution in [0.25, 0.3) is 0 Å². The molecule has 2 nitrogen and oxygen atoms in total. The Balaban J connectivity index is 1.85. The number of methoxy groups -OCH3 is 1. The lowest BCUT2D eigenvalue weighted by atomic mass is 10.1. The van der Waals surface area contributed by atoms with Crippen molar-refractivity contribution in [3.05, 3.63) is 28.8 Å². The zero-order valence-electron chi connectivity index (χ0n) is 11.0. The van der Waals surface area contributed by atoms with E-state index in [0.29, 0.717) is 9.77 Å². The Bertz CT molecular complexity index is 405. The van der Waals surface area contributed by atoms with Crippen LogP contribution >= 0.6 is 23.4 Å². The summed E-state index contributed by atoms with van der Waals surface area (Å²) in [5.41, 5.74) is 1.20. The predicted molar refractivity (Wildman–Crippen MR) is 79.8 cm³/mol. The molecule has 1 fully saturated rings. The van der Waals surface area contributed by atoms with Gasteiger partial charge in [0.1, 0.15) is 5.75 Å².